The predicted octanol–water partition coefficient (Wildman–Crippen LogP) is 3.62. The van der Waals surface area contributed by atoms with Gasteiger partial charge < -0.3 is 10.1 Å². The second kappa shape index (κ2) is 7.60. The van der Waals surface area contributed by atoms with E-state index in [1.54, 1.807) is 7.11 Å². The van der Waals surface area contributed by atoms with Crippen LogP contribution in [0.4, 0.5) is 0 Å². The lowest BCUT2D eigenvalue weighted by atomic mass is 10.1. The van der Waals surface area contributed by atoms with Crippen molar-refractivity contribution >= 4 is 5.78 Å². The summed E-state index contributed by atoms with van der Waals surface area (Å²) in [7, 11) is 1.62. The number of rotatable bonds is 7. The highest BCUT2D eigenvalue weighted by molar-refractivity contribution is 5.96. The molecule has 0 heterocycles. The fourth-order valence-corrected chi connectivity index (χ4v) is 2.18. The zero-order valence-electron chi connectivity index (χ0n) is 12.5. The Kier molecular flexibility index (Phi) is 5.52. The van der Waals surface area contributed by atoms with Gasteiger partial charge in [0.25, 0.3) is 0 Å². The third kappa shape index (κ3) is 4.43. The quantitative estimate of drug-likeness (QED) is 0.789. The fourth-order valence-electron chi connectivity index (χ4n) is 2.18. The Morgan fingerprint density at radius 1 is 1.10 bits per heavy atom. The lowest BCUT2D eigenvalue weighted by molar-refractivity contribution is 0.0982. The van der Waals surface area contributed by atoms with E-state index in [1.807, 2.05) is 42.5 Å². The maximum absolute atomic E-state index is 12.1. The van der Waals surface area contributed by atoms with Crippen LogP contribution in [0.25, 0.3) is 0 Å². The van der Waals surface area contributed by atoms with Crippen LogP contribution in [0.2, 0.25) is 0 Å². The van der Waals surface area contributed by atoms with Gasteiger partial charge in [0.05, 0.1) is 7.11 Å². The van der Waals surface area contributed by atoms with Gasteiger partial charge in [-0.1, -0.05) is 30.3 Å². The first-order valence-electron chi connectivity index (χ1n) is 7.16. The number of ketones is 1. The molecule has 3 heteroatoms. The maximum atomic E-state index is 12.1. The van der Waals surface area contributed by atoms with Crippen LogP contribution in [0.1, 0.15) is 35.3 Å². The van der Waals surface area contributed by atoms with Gasteiger partial charge in [-0.25, -0.2) is 0 Å². The molecule has 0 aromatic heterocycles. The minimum absolute atomic E-state index is 0.144. The third-order valence-corrected chi connectivity index (χ3v) is 3.51. The Labute approximate surface area is 126 Å². The molecule has 0 aliphatic rings. The number of hydrogen-bond acceptors (Lipinski definition) is 3. The van der Waals surface area contributed by atoms with Gasteiger partial charge in [-0.3, -0.25) is 4.79 Å². The second-order valence-corrected chi connectivity index (χ2v) is 4.99. The van der Waals surface area contributed by atoms with Crippen molar-refractivity contribution < 1.29 is 9.53 Å². The molecular formula is C18H21NO2. The van der Waals surface area contributed by atoms with Crippen LogP contribution < -0.4 is 10.1 Å². The number of carbonyl (C=O) groups excluding carboxylic acids is 1. The van der Waals surface area contributed by atoms with E-state index in [-0.39, 0.29) is 11.8 Å². The highest BCUT2D eigenvalue weighted by atomic mass is 16.5. The van der Waals surface area contributed by atoms with E-state index in [1.165, 1.54) is 5.56 Å². The molecule has 0 saturated carbocycles. The molecule has 1 atom stereocenters. The zero-order valence-corrected chi connectivity index (χ0v) is 12.5. The molecule has 0 aliphatic carbocycles. The molecular weight excluding hydrogens is 262 g/mol. The number of Topliss-reactive ketones (excluding diaryl/α,β-unsaturated/α-hetero) is 1. The molecule has 0 spiro atoms. The summed E-state index contributed by atoms with van der Waals surface area (Å²) < 4.78 is 5.09. The van der Waals surface area contributed by atoms with Gasteiger partial charge in [0, 0.05) is 24.6 Å². The minimum atomic E-state index is 0.144. The summed E-state index contributed by atoms with van der Waals surface area (Å²) in [5, 5.41) is 3.38. The number of hydrogen-bond donors (Lipinski definition) is 1. The average molecular weight is 283 g/mol. The fraction of sp³-hybridized carbons (Fsp3) is 0.278. The molecule has 0 amide bonds. The van der Waals surface area contributed by atoms with Gasteiger partial charge in [0.15, 0.2) is 5.78 Å². The molecule has 0 fully saturated rings. The van der Waals surface area contributed by atoms with Crippen LogP contribution in [0.15, 0.2) is 54.6 Å². The summed E-state index contributed by atoms with van der Waals surface area (Å²) in [5.41, 5.74) is 1.96. The molecule has 1 N–H and O–H groups in total. The van der Waals surface area contributed by atoms with Crippen molar-refractivity contribution in [2.75, 3.05) is 13.7 Å². The first kappa shape index (κ1) is 15.3. The Balaban J connectivity index is 1.81. The van der Waals surface area contributed by atoms with E-state index in [4.69, 9.17) is 4.74 Å². The average Bonchev–Trinajstić information content (AvgIpc) is 2.55. The van der Waals surface area contributed by atoms with E-state index in [0.29, 0.717) is 13.0 Å². The highest BCUT2D eigenvalue weighted by Crippen LogP contribution is 2.13. The number of nitrogens with one attached hydrogen (secondary N) is 1. The van der Waals surface area contributed by atoms with Crippen molar-refractivity contribution in [3.63, 3.8) is 0 Å². The molecule has 2 aromatic carbocycles. The summed E-state index contributed by atoms with van der Waals surface area (Å²) in [6, 6.07) is 17.7. The SMILES string of the molecule is COc1ccc(C(=O)CCNC(C)c2ccccc2)cc1. The molecule has 1 unspecified atom stereocenters. The van der Waals surface area contributed by atoms with Crippen molar-refractivity contribution in [2.24, 2.45) is 0 Å². The monoisotopic (exact) mass is 283 g/mol. The molecule has 3 nitrogen and oxygen atoms in total. The second-order valence-electron chi connectivity index (χ2n) is 4.99. The molecule has 2 rings (SSSR count). The van der Waals surface area contributed by atoms with Crippen LogP contribution >= 0.6 is 0 Å². The van der Waals surface area contributed by atoms with Crippen LogP contribution in [0, 0.1) is 0 Å². The summed E-state index contributed by atoms with van der Waals surface area (Å²) >= 11 is 0. The van der Waals surface area contributed by atoms with E-state index < -0.39 is 0 Å². The number of carbonyl (C=O) groups is 1. The zero-order chi connectivity index (χ0) is 15.1. The summed E-state index contributed by atoms with van der Waals surface area (Å²) in [4.78, 5) is 12.1. The normalized spacial score (nSPS) is 11.9. The molecule has 2 aromatic rings. The Morgan fingerprint density at radius 3 is 2.38 bits per heavy atom. The molecule has 0 aliphatic heterocycles. The Morgan fingerprint density at radius 2 is 1.76 bits per heavy atom. The Hall–Kier alpha value is -2.13. The van der Waals surface area contributed by atoms with Crippen LogP contribution in [-0.2, 0) is 0 Å². The van der Waals surface area contributed by atoms with Crippen LogP contribution in [0.5, 0.6) is 5.75 Å². The first-order valence-corrected chi connectivity index (χ1v) is 7.16. The largest absolute Gasteiger partial charge is 0.497 e. The molecule has 110 valence electrons. The number of methoxy groups -OCH3 is 1. The van der Waals surface area contributed by atoms with Gasteiger partial charge in [-0.15, -0.1) is 0 Å². The van der Waals surface area contributed by atoms with Crippen molar-refractivity contribution in [2.45, 2.75) is 19.4 Å². The first-order chi connectivity index (χ1) is 10.2. The topological polar surface area (TPSA) is 38.3 Å². The van der Waals surface area contributed by atoms with Crippen molar-refractivity contribution in [1.82, 2.24) is 5.32 Å². The van der Waals surface area contributed by atoms with Crippen molar-refractivity contribution in [3.8, 4) is 5.75 Å². The van der Waals surface area contributed by atoms with E-state index in [2.05, 4.69) is 24.4 Å². The van der Waals surface area contributed by atoms with Gasteiger partial charge in [0.1, 0.15) is 5.75 Å². The van der Waals surface area contributed by atoms with E-state index in [0.717, 1.165) is 11.3 Å². The van der Waals surface area contributed by atoms with E-state index in [9.17, 15) is 4.79 Å². The maximum Gasteiger partial charge on any atom is 0.164 e. The minimum Gasteiger partial charge on any atom is -0.497 e. The lowest BCUT2D eigenvalue weighted by Crippen LogP contribution is -2.22. The lowest BCUT2D eigenvalue weighted by Gasteiger charge is -2.13. The van der Waals surface area contributed by atoms with E-state index >= 15 is 0 Å². The molecule has 21 heavy (non-hydrogen) atoms. The molecule has 0 radical (unpaired) electrons. The summed E-state index contributed by atoms with van der Waals surface area (Å²) in [6.45, 7) is 2.77. The van der Waals surface area contributed by atoms with Gasteiger partial charge in [0.2, 0.25) is 0 Å². The third-order valence-electron chi connectivity index (χ3n) is 3.51. The Bertz CT molecular complexity index is 564. The highest BCUT2D eigenvalue weighted by Gasteiger charge is 2.08. The van der Waals surface area contributed by atoms with Gasteiger partial charge >= 0.3 is 0 Å². The summed E-state index contributed by atoms with van der Waals surface area (Å²) in [5.74, 6) is 0.910. The van der Waals surface area contributed by atoms with Gasteiger partial charge in [-0.05, 0) is 36.8 Å². The summed E-state index contributed by atoms with van der Waals surface area (Å²) in [6.07, 6.45) is 0.490. The molecule has 0 saturated heterocycles. The van der Waals surface area contributed by atoms with Gasteiger partial charge in [-0.2, -0.15) is 0 Å². The van der Waals surface area contributed by atoms with Crippen LogP contribution in [0.3, 0.4) is 0 Å². The molecule has 0 bridgehead atoms. The number of ether oxygens (including phenoxy) is 1. The standard InChI is InChI=1S/C18H21NO2/c1-14(15-6-4-3-5-7-15)19-13-12-18(20)16-8-10-17(21-2)11-9-16/h3-11,14,19H,12-13H2,1-2H3. The van der Waals surface area contributed by atoms with Crippen molar-refractivity contribution in [3.05, 3.63) is 65.7 Å². The number of benzene rings is 2. The predicted molar refractivity (Wildman–Crippen MR) is 84.8 cm³/mol. The van der Waals surface area contributed by atoms with Crippen LogP contribution in [-0.4, -0.2) is 19.4 Å². The van der Waals surface area contributed by atoms with Crippen molar-refractivity contribution in [1.29, 1.82) is 0 Å². The smallest absolute Gasteiger partial charge is 0.164 e.